The van der Waals surface area contributed by atoms with Gasteiger partial charge in [0, 0.05) is 5.75 Å². The number of nitrogens with one attached hydrogen (secondary N) is 1. The number of hydrogen-bond donors (Lipinski definition) is 3. The molecule has 2 aromatic carbocycles. The number of anilines is 1. The van der Waals surface area contributed by atoms with E-state index in [-0.39, 0.29) is 28.7 Å². The fraction of sp³-hybridized carbons (Fsp3) is 0.176. The molecule has 1 amide bonds. The molecule has 0 spiro atoms. The fourth-order valence-electron chi connectivity index (χ4n) is 2.03. The Labute approximate surface area is 138 Å². The first-order valence-electron chi connectivity index (χ1n) is 6.96. The summed E-state index contributed by atoms with van der Waals surface area (Å²) in [6.45, 7) is 2.02. The fourth-order valence-corrected chi connectivity index (χ4v) is 2.93. The number of aromatic hydroxyl groups is 1. The lowest BCUT2D eigenvalue weighted by atomic mass is 10.1. The van der Waals surface area contributed by atoms with E-state index in [2.05, 4.69) is 5.32 Å². The summed E-state index contributed by atoms with van der Waals surface area (Å²) < 4.78 is 0. The van der Waals surface area contributed by atoms with Crippen molar-refractivity contribution in [1.82, 2.24) is 0 Å². The zero-order valence-corrected chi connectivity index (χ0v) is 13.4. The second-order valence-electron chi connectivity index (χ2n) is 5.00. The topological polar surface area (TPSA) is 86.6 Å². The Balaban J connectivity index is 1.93. The standard InChI is InChI=1S/C17H17NO4S/c1-11-4-2-3-5-12(11)9-23-10-16(20)18-15-7-6-13(19)8-14(15)17(21)22/h2-8,19H,9-10H2,1H3,(H,18,20)(H,21,22). The lowest BCUT2D eigenvalue weighted by molar-refractivity contribution is -0.113. The van der Waals surface area contributed by atoms with E-state index in [4.69, 9.17) is 5.11 Å². The van der Waals surface area contributed by atoms with Gasteiger partial charge in [0.25, 0.3) is 0 Å². The van der Waals surface area contributed by atoms with Crippen LogP contribution in [0.4, 0.5) is 5.69 Å². The maximum Gasteiger partial charge on any atom is 0.337 e. The van der Waals surface area contributed by atoms with Gasteiger partial charge in [-0.25, -0.2) is 4.79 Å². The van der Waals surface area contributed by atoms with Crippen LogP contribution in [0.1, 0.15) is 21.5 Å². The molecule has 0 aliphatic carbocycles. The smallest absolute Gasteiger partial charge is 0.337 e. The van der Waals surface area contributed by atoms with Crippen LogP contribution in [0.25, 0.3) is 0 Å². The highest BCUT2D eigenvalue weighted by molar-refractivity contribution is 7.99. The van der Waals surface area contributed by atoms with E-state index in [0.717, 1.165) is 6.07 Å². The summed E-state index contributed by atoms with van der Waals surface area (Å²) in [6.07, 6.45) is 0. The number of phenols is 1. The number of benzene rings is 2. The summed E-state index contributed by atoms with van der Waals surface area (Å²) in [5, 5.41) is 21.0. The molecule has 0 aromatic heterocycles. The van der Waals surface area contributed by atoms with Crippen molar-refractivity contribution in [2.75, 3.05) is 11.1 Å². The van der Waals surface area contributed by atoms with Crippen LogP contribution in [0.15, 0.2) is 42.5 Å². The van der Waals surface area contributed by atoms with Crippen molar-refractivity contribution in [2.24, 2.45) is 0 Å². The van der Waals surface area contributed by atoms with Crippen molar-refractivity contribution >= 4 is 29.3 Å². The van der Waals surface area contributed by atoms with Crippen molar-refractivity contribution in [1.29, 1.82) is 0 Å². The molecule has 0 aliphatic rings. The average Bonchev–Trinajstić information content (AvgIpc) is 2.51. The number of rotatable bonds is 6. The van der Waals surface area contributed by atoms with Crippen molar-refractivity contribution in [2.45, 2.75) is 12.7 Å². The van der Waals surface area contributed by atoms with Gasteiger partial charge in [-0.1, -0.05) is 24.3 Å². The van der Waals surface area contributed by atoms with Crippen LogP contribution in [0.3, 0.4) is 0 Å². The van der Waals surface area contributed by atoms with Gasteiger partial charge >= 0.3 is 5.97 Å². The molecular weight excluding hydrogens is 314 g/mol. The number of phenolic OH excluding ortho intramolecular Hbond substituents is 1. The van der Waals surface area contributed by atoms with Crippen LogP contribution in [0.2, 0.25) is 0 Å². The van der Waals surface area contributed by atoms with Gasteiger partial charge in [-0.05, 0) is 36.2 Å². The molecule has 0 unspecified atom stereocenters. The van der Waals surface area contributed by atoms with Crippen LogP contribution in [0.5, 0.6) is 5.75 Å². The van der Waals surface area contributed by atoms with Crippen LogP contribution in [-0.4, -0.2) is 27.8 Å². The second-order valence-corrected chi connectivity index (χ2v) is 5.99. The molecule has 0 heterocycles. The van der Waals surface area contributed by atoms with Crippen LogP contribution < -0.4 is 5.32 Å². The van der Waals surface area contributed by atoms with Crippen LogP contribution in [0, 0.1) is 6.92 Å². The van der Waals surface area contributed by atoms with Crippen molar-refractivity contribution in [3.63, 3.8) is 0 Å². The van der Waals surface area contributed by atoms with E-state index < -0.39 is 5.97 Å². The van der Waals surface area contributed by atoms with Gasteiger partial charge < -0.3 is 15.5 Å². The van der Waals surface area contributed by atoms with Gasteiger partial charge in [0.1, 0.15) is 5.75 Å². The summed E-state index contributed by atoms with van der Waals surface area (Å²) >= 11 is 1.46. The number of amides is 1. The minimum absolute atomic E-state index is 0.137. The lowest BCUT2D eigenvalue weighted by Crippen LogP contribution is -2.16. The Kier molecular flexibility index (Phi) is 5.65. The largest absolute Gasteiger partial charge is 0.508 e. The summed E-state index contributed by atoms with van der Waals surface area (Å²) in [4.78, 5) is 23.1. The third-order valence-corrected chi connectivity index (χ3v) is 4.24. The van der Waals surface area contributed by atoms with Crippen molar-refractivity contribution < 1.29 is 19.8 Å². The quantitative estimate of drug-likeness (QED) is 0.707. The highest BCUT2D eigenvalue weighted by Crippen LogP contribution is 2.22. The molecule has 0 fully saturated rings. The Bertz CT molecular complexity index is 730. The zero-order valence-electron chi connectivity index (χ0n) is 12.6. The SMILES string of the molecule is Cc1ccccc1CSCC(=O)Nc1ccc(O)cc1C(=O)O. The Morgan fingerprint density at radius 2 is 1.91 bits per heavy atom. The molecule has 2 rings (SSSR count). The van der Waals surface area contributed by atoms with Gasteiger partial charge in [-0.2, -0.15) is 0 Å². The number of aromatic carboxylic acids is 1. The molecule has 0 atom stereocenters. The first-order chi connectivity index (χ1) is 11.0. The summed E-state index contributed by atoms with van der Waals surface area (Å²) in [5.41, 5.74) is 2.38. The molecule has 2 aromatic rings. The number of carbonyl (C=O) groups excluding carboxylic acids is 1. The van der Waals surface area contributed by atoms with Gasteiger partial charge in [0.05, 0.1) is 17.0 Å². The minimum atomic E-state index is -1.20. The van der Waals surface area contributed by atoms with E-state index in [1.807, 2.05) is 31.2 Å². The maximum absolute atomic E-state index is 12.0. The zero-order chi connectivity index (χ0) is 16.8. The molecule has 0 saturated carbocycles. The number of aryl methyl sites for hydroxylation is 1. The van der Waals surface area contributed by atoms with Gasteiger partial charge in [-0.15, -0.1) is 11.8 Å². The van der Waals surface area contributed by atoms with Crippen LogP contribution in [-0.2, 0) is 10.5 Å². The normalized spacial score (nSPS) is 10.3. The van der Waals surface area contributed by atoms with E-state index in [1.165, 1.54) is 35.0 Å². The Morgan fingerprint density at radius 3 is 2.61 bits per heavy atom. The number of carbonyl (C=O) groups is 2. The van der Waals surface area contributed by atoms with E-state index in [1.54, 1.807) is 0 Å². The first-order valence-corrected chi connectivity index (χ1v) is 8.11. The predicted molar refractivity (Wildman–Crippen MR) is 91.0 cm³/mol. The second kappa shape index (κ2) is 7.69. The highest BCUT2D eigenvalue weighted by Gasteiger charge is 2.13. The van der Waals surface area contributed by atoms with E-state index >= 15 is 0 Å². The number of hydrogen-bond acceptors (Lipinski definition) is 4. The van der Waals surface area contributed by atoms with Gasteiger partial charge in [0.2, 0.25) is 5.91 Å². The number of carboxylic acid groups (broad SMARTS) is 1. The summed E-state index contributed by atoms with van der Waals surface area (Å²) in [6, 6.07) is 11.8. The molecule has 0 saturated heterocycles. The molecule has 0 aliphatic heterocycles. The third kappa shape index (κ3) is 4.75. The lowest BCUT2D eigenvalue weighted by Gasteiger charge is -2.09. The minimum Gasteiger partial charge on any atom is -0.508 e. The molecular formula is C17H17NO4S. The summed E-state index contributed by atoms with van der Waals surface area (Å²) in [7, 11) is 0. The Morgan fingerprint density at radius 1 is 1.17 bits per heavy atom. The average molecular weight is 331 g/mol. The number of thioether (sulfide) groups is 1. The van der Waals surface area contributed by atoms with Gasteiger partial charge in [-0.3, -0.25) is 4.79 Å². The number of carboxylic acids is 1. The van der Waals surface area contributed by atoms with Crippen molar-refractivity contribution in [3.8, 4) is 5.75 Å². The highest BCUT2D eigenvalue weighted by atomic mass is 32.2. The molecule has 3 N–H and O–H groups in total. The molecule has 5 nitrogen and oxygen atoms in total. The van der Waals surface area contributed by atoms with Crippen LogP contribution >= 0.6 is 11.8 Å². The van der Waals surface area contributed by atoms with Crippen molar-refractivity contribution in [3.05, 3.63) is 59.2 Å². The Hall–Kier alpha value is -2.47. The van der Waals surface area contributed by atoms with Gasteiger partial charge in [0.15, 0.2) is 0 Å². The molecule has 120 valence electrons. The van der Waals surface area contributed by atoms with E-state index in [9.17, 15) is 14.7 Å². The van der Waals surface area contributed by atoms with E-state index in [0.29, 0.717) is 5.75 Å². The molecule has 23 heavy (non-hydrogen) atoms. The first kappa shape index (κ1) is 16.9. The maximum atomic E-state index is 12.0. The third-order valence-electron chi connectivity index (χ3n) is 3.26. The summed E-state index contributed by atoms with van der Waals surface area (Å²) in [5.74, 6) is -0.717. The molecule has 0 radical (unpaired) electrons. The molecule has 6 heteroatoms. The molecule has 0 bridgehead atoms. The monoisotopic (exact) mass is 331 g/mol. The predicted octanol–water partition coefficient (Wildman–Crippen LogP) is 3.27.